The molecule has 0 saturated carbocycles. The third-order valence-electron chi connectivity index (χ3n) is 3.25. The van der Waals surface area contributed by atoms with Crippen LogP contribution in [0.4, 0.5) is 4.39 Å². The van der Waals surface area contributed by atoms with Crippen LogP contribution in [0, 0.1) is 19.7 Å². The summed E-state index contributed by atoms with van der Waals surface area (Å²) in [5, 5.41) is 0. The maximum atomic E-state index is 14.3. The molecule has 0 saturated heterocycles. The topological polar surface area (TPSA) is 37.9 Å². The highest BCUT2D eigenvalue weighted by atomic mass is 19.1. The molecule has 1 atom stereocenters. The highest BCUT2D eigenvalue weighted by molar-refractivity contribution is 5.37. The van der Waals surface area contributed by atoms with Crippen molar-refractivity contribution in [3.8, 4) is 5.75 Å². The molecule has 2 aromatic rings. The first-order valence-corrected chi connectivity index (χ1v) is 6.47. The lowest BCUT2D eigenvalue weighted by molar-refractivity contribution is 0.318. The molecule has 1 unspecified atom stereocenters. The molecule has 0 bridgehead atoms. The Morgan fingerprint density at radius 2 is 2.16 bits per heavy atom. The predicted molar refractivity (Wildman–Crippen MR) is 73.1 cm³/mol. The summed E-state index contributed by atoms with van der Waals surface area (Å²) >= 11 is 0. The molecule has 0 aliphatic rings. The summed E-state index contributed by atoms with van der Waals surface area (Å²) in [6.07, 6.45) is 1.59. The molecule has 2 aromatic heterocycles. The average Bonchev–Trinajstić information content (AvgIpc) is 2.70. The molecular formula is C15H19FN2O. The van der Waals surface area contributed by atoms with Gasteiger partial charge in [0.2, 0.25) is 0 Å². The van der Waals surface area contributed by atoms with Gasteiger partial charge < -0.3 is 9.72 Å². The van der Waals surface area contributed by atoms with Crippen LogP contribution in [0.2, 0.25) is 0 Å². The van der Waals surface area contributed by atoms with Crippen LogP contribution in [0.25, 0.3) is 0 Å². The van der Waals surface area contributed by atoms with Crippen LogP contribution in [0.15, 0.2) is 18.3 Å². The maximum absolute atomic E-state index is 14.3. The quantitative estimate of drug-likeness (QED) is 0.912. The van der Waals surface area contributed by atoms with E-state index in [-0.39, 0.29) is 17.5 Å². The summed E-state index contributed by atoms with van der Waals surface area (Å²) in [5.74, 6) is -0.204. The summed E-state index contributed by atoms with van der Waals surface area (Å²) in [6, 6.07) is 3.60. The van der Waals surface area contributed by atoms with Crippen molar-refractivity contribution in [1.29, 1.82) is 0 Å². The van der Waals surface area contributed by atoms with Gasteiger partial charge in [-0.1, -0.05) is 6.92 Å². The minimum Gasteiger partial charge on any atom is -0.491 e. The Kier molecular flexibility index (Phi) is 3.88. The maximum Gasteiger partial charge on any atom is 0.187 e. The highest BCUT2D eigenvalue weighted by Gasteiger charge is 2.20. The largest absolute Gasteiger partial charge is 0.491 e. The summed E-state index contributed by atoms with van der Waals surface area (Å²) in [7, 11) is 0. The van der Waals surface area contributed by atoms with E-state index < -0.39 is 0 Å². The van der Waals surface area contributed by atoms with Crippen LogP contribution in [0.3, 0.4) is 0 Å². The molecule has 2 heterocycles. The molecule has 0 aliphatic carbocycles. The monoisotopic (exact) mass is 262 g/mol. The number of halogens is 1. The molecule has 0 aliphatic heterocycles. The van der Waals surface area contributed by atoms with Gasteiger partial charge in [0, 0.05) is 29.6 Å². The summed E-state index contributed by atoms with van der Waals surface area (Å²) in [6.45, 7) is 8.21. The van der Waals surface area contributed by atoms with Gasteiger partial charge in [-0.2, -0.15) is 0 Å². The van der Waals surface area contributed by atoms with Gasteiger partial charge in [-0.25, -0.2) is 4.39 Å². The van der Waals surface area contributed by atoms with Crippen molar-refractivity contribution in [3.05, 3.63) is 46.8 Å². The van der Waals surface area contributed by atoms with Gasteiger partial charge in [-0.05, 0) is 32.4 Å². The number of hydrogen-bond acceptors (Lipinski definition) is 2. The summed E-state index contributed by atoms with van der Waals surface area (Å²) < 4.78 is 19.6. The molecule has 3 nitrogen and oxygen atoms in total. The smallest absolute Gasteiger partial charge is 0.187 e. The van der Waals surface area contributed by atoms with E-state index in [2.05, 4.69) is 9.97 Å². The fourth-order valence-corrected chi connectivity index (χ4v) is 2.35. The molecule has 2 rings (SSSR count). The zero-order valence-corrected chi connectivity index (χ0v) is 11.7. The number of pyridine rings is 1. The van der Waals surface area contributed by atoms with Gasteiger partial charge in [0.15, 0.2) is 11.6 Å². The Labute approximate surface area is 112 Å². The highest BCUT2D eigenvalue weighted by Crippen LogP contribution is 2.30. The van der Waals surface area contributed by atoms with Crippen molar-refractivity contribution < 1.29 is 9.13 Å². The van der Waals surface area contributed by atoms with E-state index in [1.165, 1.54) is 0 Å². The van der Waals surface area contributed by atoms with Crippen LogP contribution in [-0.2, 0) is 0 Å². The van der Waals surface area contributed by atoms with Crippen LogP contribution in [0.5, 0.6) is 5.75 Å². The van der Waals surface area contributed by atoms with Gasteiger partial charge in [-0.15, -0.1) is 0 Å². The van der Waals surface area contributed by atoms with E-state index in [1.807, 2.05) is 33.8 Å². The second-order valence-electron chi connectivity index (χ2n) is 4.70. The van der Waals surface area contributed by atoms with Crippen molar-refractivity contribution in [2.24, 2.45) is 0 Å². The first-order chi connectivity index (χ1) is 9.04. The molecule has 0 amide bonds. The molecule has 1 N–H and O–H groups in total. The number of H-pyrrole nitrogens is 1. The number of rotatable bonds is 4. The normalized spacial score (nSPS) is 12.5. The molecule has 0 radical (unpaired) electrons. The Morgan fingerprint density at radius 1 is 1.42 bits per heavy atom. The third-order valence-corrected chi connectivity index (χ3v) is 3.25. The van der Waals surface area contributed by atoms with Crippen LogP contribution >= 0.6 is 0 Å². The zero-order valence-electron chi connectivity index (χ0n) is 11.7. The number of nitrogens with zero attached hydrogens (tertiary/aromatic N) is 1. The Balaban J connectivity index is 2.41. The zero-order chi connectivity index (χ0) is 14.0. The van der Waals surface area contributed by atoms with Crippen LogP contribution < -0.4 is 4.74 Å². The van der Waals surface area contributed by atoms with Gasteiger partial charge >= 0.3 is 0 Å². The van der Waals surface area contributed by atoms with E-state index in [4.69, 9.17) is 4.74 Å². The molecular weight excluding hydrogens is 243 g/mol. The number of aromatic amines is 1. The number of aromatic nitrogens is 2. The standard InChI is InChI=1S/C15H19FN2O/c1-5-19-13-6-7-17-15(14(13)16)10(3)12-8-9(2)18-11(12)4/h6-8,10,18H,5H2,1-4H3. The van der Waals surface area contributed by atoms with E-state index >= 15 is 0 Å². The van der Waals surface area contributed by atoms with E-state index in [0.29, 0.717) is 12.3 Å². The lowest BCUT2D eigenvalue weighted by Gasteiger charge is -2.14. The minimum absolute atomic E-state index is 0.106. The van der Waals surface area contributed by atoms with E-state index in [0.717, 1.165) is 17.0 Å². The third kappa shape index (κ3) is 2.62. The van der Waals surface area contributed by atoms with Gasteiger partial charge in [0.05, 0.1) is 12.3 Å². The minimum atomic E-state index is -0.366. The van der Waals surface area contributed by atoms with Gasteiger partial charge in [-0.3, -0.25) is 4.98 Å². The number of nitrogens with one attached hydrogen (secondary N) is 1. The molecule has 0 fully saturated rings. The molecule has 0 spiro atoms. The second-order valence-corrected chi connectivity index (χ2v) is 4.70. The second kappa shape index (κ2) is 5.43. The Hall–Kier alpha value is -1.84. The summed E-state index contributed by atoms with van der Waals surface area (Å²) in [4.78, 5) is 7.41. The fraction of sp³-hybridized carbons (Fsp3) is 0.400. The van der Waals surface area contributed by atoms with Crippen molar-refractivity contribution >= 4 is 0 Å². The van der Waals surface area contributed by atoms with Gasteiger partial charge in [0.25, 0.3) is 0 Å². The van der Waals surface area contributed by atoms with Crippen molar-refractivity contribution in [2.45, 2.75) is 33.6 Å². The number of ether oxygens (including phenoxy) is 1. The number of hydrogen-bond donors (Lipinski definition) is 1. The predicted octanol–water partition coefficient (Wildman–Crippen LogP) is 3.72. The lowest BCUT2D eigenvalue weighted by Crippen LogP contribution is -2.05. The number of aryl methyl sites for hydroxylation is 2. The van der Waals surface area contributed by atoms with E-state index in [9.17, 15) is 4.39 Å². The first-order valence-electron chi connectivity index (χ1n) is 6.47. The first kappa shape index (κ1) is 13.6. The Morgan fingerprint density at radius 3 is 2.74 bits per heavy atom. The Bertz CT molecular complexity index is 578. The van der Waals surface area contributed by atoms with Gasteiger partial charge in [0.1, 0.15) is 0 Å². The van der Waals surface area contributed by atoms with Crippen molar-refractivity contribution in [2.75, 3.05) is 6.61 Å². The van der Waals surface area contributed by atoms with Crippen LogP contribution in [0.1, 0.15) is 42.4 Å². The van der Waals surface area contributed by atoms with Crippen molar-refractivity contribution in [1.82, 2.24) is 9.97 Å². The molecule has 19 heavy (non-hydrogen) atoms. The molecule has 0 aromatic carbocycles. The SMILES string of the molecule is CCOc1ccnc(C(C)c2cc(C)[nH]c2C)c1F. The molecule has 102 valence electrons. The summed E-state index contributed by atoms with van der Waals surface area (Å²) in [5.41, 5.74) is 3.61. The fourth-order valence-electron chi connectivity index (χ4n) is 2.35. The van der Waals surface area contributed by atoms with Crippen molar-refractivity contribution in [3.63, 3.8) is 0 Å². The average molecular weight is 262 g/mol. The lowest BCUT2D eigenvalue weighted by atomic mass is 9.97. The van der Waals surface area contributed by atoms with E-state index in [1.54, 1.807) is 12.3 Å². The molecule has 4 heteroatoms. The van der Waals surface area contributed by atoms with Crippen LogP contribution in [-0.4, -0.2) is 16.6 Å².